The number of piperidine rings is 1. The van der Waals surface area contributed by atoms with Gasteiger partial charge in [0, 0.05) is 43.2 Å². The number of morpholine rings is 1. The standard InChI is InChI=1S/C27H33FN6O6S/c1-39-26-22(32-41(2,37)38)13-18(15-29-26)24-21-14-20(28)12-19(16-33-5-3-17(4-6-33)11-23(35)36)25(21)31-27(30-24)34-7-9-40-10-8-34/h12-15,17,32H,3-11,16H2,1-2H3,(H,35,36). The largest absolute Gasteiger partial charge is 0.481 e. The summed E-state index contributed by atoms with van der Waals surface area (Å²) < 4.78 is 52.4. The van der Waals surface area contributed by atoms with E-state index in [4.69, 9.17) is 24.5 Å². The number of fused-ring (bicyclic) bond motifs is 1. The molecule has 0 radical (unpaired) electrons. The Hall–Kier alpha value is -3.62. The average Bonchev–Trinajstić information content (AvgIpc) is 2.93. The maximum Gasteiger partial charge on any atom is 0.303 e. The average molecular weight is 589 g/mol. The molecule has 5 rings (SSSR count). The molecule has 0 spiro atoms. The number of aliphatic carboxylic acids is 1. The first-order chi connectivity index (χ1) is 19.6. The van der Waals surface area contributed by atoms with Gasteiger partial charge in [-0.15, -0.1) is 0 Å². The highest BCUT2D eigenvalue weighted by molar-refractivity contribution is 7.92. The first-order valence-corrected chi connectivity index (χ1v) is 15.3. The predicted molar refractivity (Wildman–Crippen MR) is 151 cm³/mol. The van der Waals surface area contributed by atoms with Crippen molar-refractivity contribution in [1.29, 1.82) is 0 Å². The summed E-state index contributed by atoms with van der Waals surface area (Å²) in [5, 5.41) is 9.61. The van der Waals surface area contributed by atoms with E-state index in [2.05, 4.69) is 14.6 Å². The van der Waals surface area contributed by atoms with E-state index in [-0.39, 0.29) is 23.9 Å². The van der Waals surface area contributed by atoms with Crippen LogP contribution in [-0.4, -0.2) is 92.1 Å². The second-order valence-electron chi connectivity index (χ2n) is 10.4. The topological polar surface area (TPSA) is 147 Å². The van der Waals surface area contributed by atoms with Crippen molar-refractivity contribution in [2.75, 3.05) is 62.4 Å². The lowest BCUT2D eigenvalue weighted by atomic mass is 9.93. The third kappa shape index (κ3) is 7.00. The van der Waals surface area contributed by atoms with Crippen LogP contribution >= 0.6 is 0 Å². The van der Waals surface area contributed by atoms with Crippen LogP contribution in [0.5, 0.6) is 5.88 Å². The monoisotopic (exact) mass is 588 g/mol. The summed E-state index contributed by atoms with van der Waals surface area (Å²) >= 11 is 0. The first kappa shape index (κ1) is 28.9. The van der Waals surface area contributed by atoms with Crippen LogP contribution in [0.4, 0.5) is 16.0 Å². The third-order valence-electron chi connectivity index (χ3n) is 7.30. The van der Waals surface area contributed by atoms with E-state index in [9.17, 15) is 13.2 Å². The SMILES string of the molecule is COc1ncc(-c2nc(N3CCOCC3)nc3c(CN4CCC(CC(=O)O)CC4)cc(F)cc23)cc1NS(C)(=O)=O. The summed E-state index contributed by atoms with van der Waals surface area (Å²) in [4.78, 5) is 29.3. The minimum Gasteiger partial charge on any atom is -0.481 e. The fraction of sp³-hybridized carbons (Fsp3) is 0.481. The molecule has 2 aliphatic rings. The van der Waals surface area contributed by atoms with Gasteiger partial charge in [0.15, 0.2) is 0 Å². The number of likely N-dealkylation sites (tertiary alicyclic amines) is 1. The van der Waals surface area contributed by atoms with Gasteiger partial charge in [-0.2, -0.15) is 0 Å². The molecule has 4 heterocycles. The lowest BCUT2D eigenvalue weighted by Gasteiger charge is -2.31. The van der Waals surface area contributed by atoms with Crippen LogP contribution in [0.2, 0.25) is 0 Å². The Kier molecular flexibility index (Phi) is 8.52. The first-order valence-electron chi connectivity index (χ1n) is 13.4. The maximum atomic E-state index is 15.1. The molecule has 12 nitrogen and oxygen atoms in total. The molecule has 0 saturated carbocycles. The van der Waals surface area contributed by atoms with E-state index in [1.807, 2.05) is 4.90 Å². The Morgan fingerprint density at radius 3 is 2.56 bits per heavy atom. The number of carboxylic acids is 1. The molecule has 2 N–H and O–H groups in total. The Labute approximate surface area is 237 Å². The highest BCUT2D eigenvalue weighted by Gasteiger charge is 2.25. The molecule has 0 atom stereocenters. The quantitative estimate of drug-likeness (QED) is 0.380. The van der Waals surface area contributed by atoms with E-state index in [1.54, 1.807) is 6.07 Å². The number of sulfonamides is 1. The Morgan fingerprint density at radius 2 is 1.90 bits per heavy atom. The number of nitrogens with one attached hydrogen (secondary N) is 1. The number of hydrogen-bond donors (Lipinski definition) is 2. The van der Waals surface area contributed by atoms with Crippen molar-refractivity contribution in [2.45, 2.75) is 25.8 Å². The van der Waals surface area contributed by atoms with Gasteiger partial charge in [-0.1, -0.05) is 0 Å². The number of methoxy groups -OCH3 is 1. The lowest BCUT2D eigenvalue weighted by molar-refractivity contribution is -0.138. The lowest BCUT2D eigenvalue weighted by Crippen LogP contribution is -2.37. The van der Waals surface area contributed by atoms with Crippen LogP contribution in [0.25, 0.3) is 22.2 Å². The molecule has 3 aromatic rings. The van der Waals surface area contributed by atoms with Crippen molar-refractivity contribution in [2.24, 2.45) is 5.92 Å². The highest BCUT2D eigenvalue weighted by atomic mass is 32.2. The van der Waals surface area contributed by atoms with Crippen molar-refractivity contribution >= 4 is 38.5 Å². The van der Waals surface area contributed by atoms with E-state index >= 15 is 4.39 Å². The maximum absolute atomic E-state index is 15.1. The van der Waals surface area contributed by atoms with Gasteiger partial charge >= 0.3 is 5.97 Å². The number of pyridine rings is 1. The van der Waals surface area contributed by atoms with Gasteiger partial charge in [0.25, 0.3) is 0 Å². The van der Waals surface area contributed by atoms with Gasteiger partial charge in [-0.05, 0) is 55.6 Å². The number of carbonyl (C=O) groups is 1. The van der Waals surface area contributed by atoms with Crippen LogP contribution in [0.15, 0.2) is 24.4 Å². The van der Waals surface area contributed by atoms with Gasteiger partial charge in [0.2, 0.25) is 21.9 Å². The highest BCUT2D eigenvalue weighted by Crippen LogP contribution is 2.35. The van der Waals surface area contributed by atoms with Crippen molar-refractivity contribution in [1.82, 2.24) is 19.9 Å². The van der Waals surface area contributed by atoms with E-state index in [0.29, 0.717) is 79.6 Å². The van der Waals surface area contributed by atoms with Crippen molar-refractivity contribution in [3.63, 3.8) is 0 Å². The summed E-state index contributed by atoms with van der Waals surface area (Å²) in [6, 6.07) is 4.42. The molecule has 14 heteroatoms. The van der Waals surface area contributed by atoms with Crippen LogP contribution < -0.4 is 14.4 Å². The number of hydrogen-bond acceptors (Lipinski definition) is 10. The number of anilines is 2. The Balaban J connectivity index is 1.59. The Bertz CT molecular complexity index is 1540. The minimum atomic E-state index is -3.64. The van der Waals surface area contributed by atoms with Crippen LogP contribution in [0, 0.1) is 11.7 Å². The van der Waals surface area contributed by atoms with Crippen molar-refractivity contribution < 1.29 is 32.2 Å². The van der Waals surface area contributed by atoms with Crippen LogP contribution in [0.1, 0.15) is 24.8 Å². The van der Waals surface area contributed by atoms with Gasteiger partial charge < -0.3 is 19.5 Å². The molecule has 220 valence electrons. The van der Waals surface area contributed by atoms with E-state index < -0.39 is 21.8 Å². The molecule has 41 heavy (non-hydrogen) atoms. The number of rotatable bonds is 9. The molecule has 2 saturated heterocycles. The molecule has 0 amide bonds. The minimum absolute atomic E-state index is 0.0871. The summed E-state index contributed by atoms with van der Waals surface area (Å²) in [7, 11) is -2.25. The normalized spacial score (nSPS) is 17.1. The molecule has 0 bridgehead atoms. The summed E-state index contributed by atoms with van der Waals surface area (Å²) in [6.45, 7) is 4.05. The summed E-state index contributed by atoms with van der Waals surface area (Å²) in [6.07, 6.45) is 4.21. The molecule has 2 aromatic heterocycles. The van der Waals surface area contributed by atoms with Gasteiger partial charge in [0.05, 0.1) is 37.8 Å². The number of ether oxygens (including phenoxy) is 2. The summed E-state index contributed by atoms with van der Waals surface area (Å²) in [5.74, 6) is -0.566. The second-order valence-corrected chi connectivity index (χ2v) is 12.2. The van der Waals surface area contributed by atoms with E-state index in [1.165, 1.54) is 25.4 Å². The number of nitrogens with zero attached hydrogens (tertiary/aromatic N) is 5. The number of aromatic nitrogens is 3. The molecule has 2 fully saturated rings. The molecule has 1 aromatic carbocycles. The van der Waals surface area contributed by atoms with Gasteiger partial charge in [-0.3, -0.25) is 14.4 Å². The van der Waals surface area contributed by atoms with Gasteiger partial charge in [0.1, 0.15) is 11.5 Å². The zero-order chi connectivity index (χ0) is 29.1. The number of halogens is 1. The smallest absolute Gasteiger partial charge is 0.303 e. The van der Waals surface area contributed by atoms with Gasteiger partial charge in [-0.25, -0.2) is 27.8 Å². The van der Waals surface area contributed by atoms with Crippen molar-refractivity contribution in [3.8, 4) is 17.1 Å². The zero-order valence-electron chi connectivity index (χ0n) is 23.0. The predicted octanol–water partition coefficient (Wildman–Crippen LogP) is 2.73. The Morgan fingerprint density at radius 1 is 1.17 bits per heavy atom. The molecular weight excluding hydrogens is 555 g/mol. The number of benzene rings is 1. The summed E-state index contributed by atoms with van der Waals surface area (Å²) in [5.41, 5.74) is 2.27. The molecule has 2 aliphatic heterocycles. The fourth-order valence-corrected chi connectivity index (χ4v) is 5.90. The van der Waals surface area contributed by atoms with Crippen LogP contribution in [0.3, 0.4) is 0 Å². The van der Waals surface area contributed by atoms with E-state index in [0.717, 1.165) is 19.1 Å². The molecule has 0 aliphatic carbocycles. The molecular formula is C27H33FN6O6S. The molecule has 0 unspecified atom stereocenters. The zero-order valence-corrected chi connectivity index (χ0v) is 23.8. The second kappa shape index (κ2) is 12.1. The fourth-order valence-electron chi connectivity index (χ4n) is 5.35. The number of carboxylic acid groups (broad SMARTS) is 1. The van der Waals surface area contributed by atoms with Crippen LogP contribution in [-0.2, 0) is 26.1 Å². The third-order valence-corrected chi connectivity index (χ3v) is 7.89. The van der Waals surface area contributed by atoms with Crippen molar-refractivity contribution in [3.05, 3.63) is 35.8 Å².